The fraction of sp³-hybridized carbons (Fsp3) is 0.900. The highest BCUT2D eigenvalue weighted by Crippen LogP contribution is 2.09. The Morgan fingerprint density at radius 1 is 1.46 bits per heavy atom. The van der Waals surface area contributed by atoms with Gasteiger partial charge in [0.15, 0.2) is 0 Å². The maximum atomic E-state index is 11.6. The summed E-state index contributed by atoms with van der Waals surface area (Å²) >= 11 is 0. The molecule has 2 N–H and O–H groups in total. The average Bonchev–Trinajstić information content (AvgIpc) is 2.55. The normalized spacial score (nSPS) is 24.8. The summed E-state index contributed by atoms with van der Waals surface area (Å²) in [4.78, 5) is 11.6. The zero-order valence-corrected chi connectivity index (χ0v) is 8.76. The van der Waals surface area contributed by atoms with Crippen molar-refractivity contribution in [3.63, 3.8) is 0 Å². The minimum Gasteiger partial charge on any atom is -0.353 e. The number of amides is 1. The van der Waals surface area contributed by atoms with Crippen LogP contribution in [0, 0.1) is 11.8 Å². The van der Waals surface area contributed by atoms with Gasteiger partial charge in [-0.2, -0.15) is 0 Å². The summed E-state index contributed by atoms with van der Waals surface area (Å²) in [5, 5.41) is 6.24. The third-order valence-corrected chi connectivity index (χ3v) is 2.80. The second-order valence-electron chi connectivity index (χ2n) is 4.23. The molecule has 3 heteroatoms. The quantitative estimate of drug-likeness (QED) is 0.680. The monoisotopic (exact) mass is 184 g/mol. The largest absolute Gasteiger partial charge is 0.353 e. The fourth-order valence-corrected chi connectivity index (χ4v) is 1.39. The highest BCUT2D eigenvalue weighted by Gasteiger charge is 2.23. The Morgan fingerprint density at radius 2 is 2.15 bits per heavy atom. The van der Waals surface area contributed by atoms with E-state index in [-0.39, 0.29) is 17.9 Å². The van der Waals surface area contributed by atoms with E-state index in [1.807, 2.05) is 0 Å². The first-order valence-corrected chi connectivity index (χ1v) is 5.12. The van der Waals surface area contributed by atoms with Crippen LogP contribution in [-0.4, -0.2) is 25.0 Å². The average molecular weight is 184 g/mol. The summed E-state index contributed by atoms with van der Waals surface area (Å²) in [6.45, 7) is 8.13. The maximum absolute atomic E-state index is 11.6. The molecule has 0 radical (unpaired) electrons. The predicted molar refractivity (Wildman–Crippen MR) is 53.4 cm³/mol. The Kier molecular flexibility index (Phi) is 3.72. The van der Waals surface area contributed by atoms with Crippen LogP contribution in [0.5, 0.6) is 0 Å². The van der Waals surface area contributed by atoms with E-state index in [2.05, 4.69) is 31.4 Å². The van der Waals surface area contributed by atoms with Gasteiger partial charge in [0.25, 0.3) is 0 Å². The molecule has 1 aliphatic heterocycles. The molecule has 76 valence electrons. The van der Waals surface area contributed by atoms with Crippen molar-refractivity contribution in [1.82, 2.24) is 10.6 Å². The van der Waals surface area contributed by atoms with Crippen molar-refractivity contribution in [3.05, 3.63) is 0 Å². The highest BCUT2D eigenvalue weighted by molar-refractivity contribution is 5.79. The molecule has 2 atom stereocenters. The number of rotatable bonds is 3. The zero-order valence-electron chi connectivity index (χ0n) is 8.76. The van der Waals surface area contributed by atoms with Gasteiger partial charge in [0, 0.05) is 12.6 Å². The lowest BCUT2D eigenvalue weighted by Gasteiger charge is -2.19. The van der Waals surface area contributed by atoms with Crippen molar-refractivity contribution in [1.29, 1.82) is 0 Å². The Morgan fingerprint density at radius 3 is 2.62 bits per heavy atom. The first-order chi connectivity index (χ1) is 6.11. The number of nitrogens with one attached hydrogen (secondary N) is 2. The van der Waals surface area contributed by atoms with Crippen LogP contribution < -0.4 is 10.6 Å². The van der Waals surface area contributed by atoms with Gasteiger partial charge in [-0.25, -0.2) is 0 Å². The van der Waals surface area contributed by atoms with Crippen LogP contribution in [0.25, 0.3) is 0 Å². The van der Waals surface area contributed by atoms with E-state index in [1.54, 1.807) is 0 Å². The van der Waals surface area contributed by atoms with E-state index >= 15 is 0 Å². The number of hydrogen-bond donors (Lipinski definition) is 2. The lowest BCUT2D eigenvalue weighted by atomic mass is 10.0. The molecule has 0 aromatic heterocycles. The number of hydrogen-bond acceptors (Lipinski definition) is 2. The predicted octanol–water partition coefficient (Wildman–Crippen LogP) is 0.757. The van der Waals surface area contributed by atoms with E-state index in [9.17, 15) is 4.79 Å². The van der Waals surface area contributed by atoms with E-state index in [4.69, 9.17) is 0 Å². The second-order valence-corrected chi connectivity index (χ2v) is 4.23. The summed E-state index contributed by atoms with van der Waals surface area (Å²) < 4.78 is 0. The van der Waals surface area contributed by atoms with Gasteiger partial charge in [-0.3, -0.25) is 4.79 Å². The van der Waals surface area contributed by atoms with Gasteiger partial charge in [0.1, 0.15) is 0 Å². The molecule has 1 heterocycles. The lowest BCUT2D eigenvalue weighted by molar-refractivity contribution is -0.125. The summed E-state index contributed by atoms with van der Waals surface area (Å²) in [6, 6.07) is 0.285. The highest BCUT2D eigenvalue weighted by atomic mass is 16.2. The van der Waals surface area contributed by atoms with Gasteiger partial charge in [0.05, 0.1) is 5.92 Å². The van der Waals surface area contributed by atoms with Gasteiger partial charge in [-0.05, 0) is 25.8 Å². The molecule has 1 fully saturated rings. The van der Waals surface area contributed by atoms with Gasteiger partial charge in [-0.15, -0.1) is 0 Å². The molecule has 1 aliphatic rings. The van der Waals surface area contributed by atoms with Gasteiger partial charge in [0.2, 0.25) is 5.91 Å². The minimum atomic E-state index is 0.196. The first kappa shape index (κ1) is 10.5. The topological polar surface area (TPSA) is 41.1 Å². The molecule has 2 unspecified atom stereocenters. The van der Waals surface area contributed by atoms with E-state index in [1.165, 1.54) is 0 Å². The molecule has 0 aromatic rings. The first-order valence-electron chi connectivity index (χ1n) is 5.12. The molecule has 0 saturated carbocycles. The SMILES string of the molecule is CC(C)C(C)NC(=O)C1CCNC1. The molecule has 0 aliphatic carbocycles. The molecular weight excluding hydrogens is 164 g/mol. The summed E-state index contributed by atoms with van der Waals surface area (Å²) in [5.74, 6) is 0.922. The number of carbonyl (C=O) groups is 1. The van der Waals surface area contributed by atoms with Crippen molar-refractivity contribution in [3.8, 4) is 0 Å². The molecule has 0 aromatic carbocycles. The smallest absolute Gasteiger partial charge is 0.224 e. The summed E-state index contributed by atoms with van der Waals surface area (Å²) in [7, 11) is 0. The van der Waals surface area contributed by atoms with E-state index in [0.29, 0.717) is 5.92 Å². The molecule has 13 heavy (non-hydrogen) atoms. The van der Waals surface area contributed by atoms with Crippen LogP contribution in [0.2, 0.25) is 0 Å². The molecular formula is C10H20N2O. The Labute approximate surface area is 80.3 Å². The van der Waals surface area contributed by atoms with Crippen LogP contribution in [0.3, 0.4) is 0 Å². The minimum absolute atomic E-state index is 0.196. The van der Waals surface area contributed by atoms with Crippen LogP contribution in [0.15, 0.2) is 0 Å². The van der Waals surface area contributed by atoms with Crippen LogP contribution in [0.4, 0.5) is 0 Å². The van der Waals surface area contributed by atoms with Gasteiger partial charge < -0.3 is 10.6 Å². The summed E-state index contributed by atoms with van der Waals surface area (Å²) in [6.07, 6.45) is 0.983. The molecule has 0 bridgehead atoms. The van der Waals surface area contributed by atoms with Crippen molar-refractivity contribution in [2.24, 2.45) is 11.8 Å². The Hall–Kier alpha value is -0.570. The molecule has 1 saturated heterocycles. The summed E-state index contributed by atoms with van der Waals surface area (Å²) in [5.41, 5.74) is 0. The maximum Gasteiger partial charge on any atom is 0.224 e. The standard InChI is InChI=1S/C10H20N2O/c1-7(2)8(3)12-10(13)9-4-5-11-6-9/h7-9,11H,4-6H2,1-3H3,(H,12,13). The number of carbonyl (C=O) groups excluding carboxylic acids is 1. The van der Waals surface area contributed by atoms with E-state index < -0.39 is 0 Å². The van der Waals surface area contributed by atoms with E-state index in [0.717, 1.165) is 19.5 Å². The molecule has 0 spiro atoms. The Balaban J connectivity index is 2.31. The molecule has 1 amide bonds. The van der Waals surface area contributed by atoms with Gasteiger partial charge in [-0.1, -0.05) is 13.8 Å². The van der Waals surface area contributed by atoms with Crippen LogP contribution >= 0.6 is 0 Å². The lowest BCUT2D eigenvalue weighted by Crippen LogP contribution is -2.40. The van der Waals surface area contributed by atoms with Crippen LogP contribution in [0.1, 0.15) is 27.2 Å². The van der Waals surface area contributed by atoms with Crippen molar-refractivity contribution in [2.45, 2.75) is 33.2 Å². The molecule has 1 rings (SSSR count). The van der Waals surface area contributed by atoms with Crippen molar-refractivity contribution >= 4 is 5.91 Å². The van der Waals surface area contributed by atoms with Crippen LogP contribution in [-0.2, 0) is 4.79 Å². The van der Waals surface area contributed by atoms with Crippen molar-refractivity contribution < 1.29 is 4.79 Å². The Bertz CT molecular complexity index is 174. The van der Waals surface area contributed by atoms with Crippen molar-refractivity contribution in [2.75, 3.05) is 13.1 Å². The third kappa shape index (κ3) is 2.99. The third-order valence-electron chi connectivity index (χ3n) is 2.80. The second kappa shape index (κ2) is 4.61. The zero-order chi connectivity index (χ0) is 9.84. The van der Waals surface area contributed by atoms with Gasteiger partial charge >= 0.3 is 0 Å². The molecule has 3 nitrogen and oxygen atoms in total. The fourth-order valence-electron chi connectivity index (χ4n) is 1.39.